The lowest BCUT2D eigenvalue weighted by atomic mass is 9.95. The van der Waals surface area contributed by atoms with E-state index < -0.39 is 7.58 Å². The zero-order chi connectivity index (χ0) is 8.97. The van der Waals surface area contributed by atoms with E-state index in [0.29, 0.717) is 6.04 Å². The minimum Gasteiger partial charge on any atom is -0.300 e. The molecule has 0 radical (unpaired) electrons. The summed E-state index contributed by atoms with van der Waals surface area (Å²) in [6.45, 7) is 3.17. The quantitative estimate of drug-likeness (QED) is 0.528. The topological polar surface area (TPSA) is 3.24 Å². The molecule has 0 heterocycles. The lowest BCUT2D eigenvalue weighted by Crippen LogP contribution is -2.41. The van der Waals surface area contributed by atoms with Gasteiger partial charge in [0.05, 0.1) is 0 Å². The van der Waals surface area contributed by atoms with Crippen LogP contribution in [-0.2, 0) is 0 Å². The van der Waals surface area contributed by atoms with Crippen LogP contribution in [-0.4, -0.2) is 24.7 Å². The summed E-state index contributed by atoms with van der Waals surface area (Å²) in [6.07, 6.45) is 6.71. The van der Waals surface area contributed by atoms with Gasteiger partial charge in [-0.15, -0.1) is 22.2 Å². The van der Waals surface area contributed by atoms with E-state index in [0.717, 1.165) is 6.54 Å². The molecular weight excluding hydrogens is 209 g/mol. The number of hydrogen-bond acceptors (Lipinski definition) is 1. The van der Waals surface area contributed by atoms with Crippen molar-refractivity contribution >= 4 is 29.7 Å². The molecule has 72 valence electrons. The van der Waals surface area contributed by atoms with Gasteiger partial charge in [-0.1, -0.05) is 26.2 Å². The van der Waals surface area contributed by atoms with Crippen LogP contribution in [0.2, 0.25) is 0 Å². The largest absolute Gasteiger partial charge is 0.309 e. The van der Waals surface area contributed by atoms with Crippen molar-refractivity contribution < 1.29 is 0 Å². The molecule has 0 amide bonds. The molecule has 0 aromatic carbocycles. The lowest BCUT2D eigenvalue weighted by molar-refractivity contribution is 0.267. The Labute approximate surface area is 86.1 Å². The van der Waals surface area contributed by atoms with Crippen molar-refractivity contribution in [3.8, 4) is 0 Å². The number of hydrogen-bond donors (Lipinski definition) is 0. The highest BCUT2D eigenvalue weighted by Crippen LogP contribution is 2.24. The molecular formula is C8H17Cl2NSi. The SMILES string of the molecule is CCN(C1CCCCC1)[SiH](Cl)Cl. The van der Waals surface area contributed by atoms with Gasteiger partial charge < -0.3 is 0 Å². The molecule has 0 atom stereocenters. The number of halogens is 2. The second-order valence-corrected chi connectivity index (χ2v) is 7.77. The van der Waals surface area contributed by atoms with Gasteiger partial charge in [0.2, 0.25) is 0 Å². The smallest absolute Gasteiger partial charge is 0.300 e. The molecule has 1 fully saturated rings. The van der Waals surface area contributed by atoms with Crippen molar-refractivity contribution in [1.82, 2.24) is 4.57 Å². The summed E-state index contributed by atoms with van der Waals surface area (Å²) in [5.41, 5.74) is 0. The molecule has 0 aromatic heterocycles. The predicted octanol–water partition coefficient (Wildman–Crippen LogP) is 2.84. The Balaban J connectivity index is 2.40. The fourth-order valence-corrected chi connectivity index (χ4v) is 4.65. The average molecular weight is 226 g/mol. The molecule has 4 heteroatoms. The van der Waals surface area contributed by atoms with Crippen molar-refractivity contribution in [2.75, 3.05) is 6.54 Å². The van der Waals surface area contributed by atoms with Crippen LogP contribution < -0.4 is 0 Å². The molecule has 0 bridgehead atoms. The number of nitrogens with zero attached hydrogens (tertiary/aromatic N) is 1. The molecule has 1 rings (SSSR count). The van der Waals surface area contributed by atoms with E-state index in [2.05, 4.69) is 11.5 Å². The van der Waals surface area contributed by atoms with E-state index in [-0.39, 0.29) is 0 Å². The standard InChI is InChI=1S/C8H17Cl2NSi/c1-2-11(12(9)10)8-6-4-3-5-7-8/h8,12H,2-7H2,1H3. The molecule has 1 saturated carbocycles. The van der Waals surface area contributed by atoms with E-state index in [1.807, 2.05) is 0 Å². The zero-order valence-corrected chi connectivity index (χ0v) is 10.3. The van der Waals surface area contributed by atoms with Crippen LogP contribution >= 0.6 is 22.2 Å². The van der Waals surface area contributed by atoms with Crippen molar-refractivity contribution in [2.24, 2.45) is 0 Å². The highest BCUT2D eigenvalue weighted by atomic mass is 35.7. The molecule has 0 N–H and O–H groups in total. The predicted molar refractivity (Wildman–Crippen MR) is 58.1 cm³/mol. The normalized spacial score (nSPS) is 20.8. The molecule has 1 aliphatic carbocycles. The van der Waals surface area contributed by atoms with E-state index in [1.165, 1.54) is 32.1 Å². The first-order valence-electron chi connectivity index (χ1n) is 4.79. The molecule has 12 heavy (non-hydrogen) atoms. The Kier molecular flexibility index (Phi) is 4.95. The summed E-state index contributed by atoms with van der Waals surface area (Å²) in [4.78, 5) is 0. The Hall–Kier alpha value is 0.757. The van der Waals surface area contributed by atoms with E-state index >= 15 is 0 Å². The fourth-order valence-electron chi connectivity index (χ4n) is 1.97. The highest BCUT2D eigenvalue weighted by molar-refractivity contribution is 7.32. The first-order chi connectivity index (χ1) is 5.75. The van der Waals surface area contributed by atoms with Crippen LogP contribution in [0.25, 0.3) is 0 Å². The second-order valence-electron chi connectivity index (χ2n) is 3.40. The van der Waals surface area contributed by atoms with Gasteiger partial charge in [0.1, 0.15) is 0 Å². The molecule has 0 aromatic rings. The first-order valence-corrected chi connectivity index (χ1v) is 8.80. The van der Waals surface area contributed by atoms with Crippen molar-refractivity contribution in [3.63, 3.8) is 0 Å². The molecule has 0 spiro atoms. The third-order valence-electron chi connectivity index (χ3n) is 2.66. The summed E-state index contributed by atoms with van der Waals surface area (Å²) < 4.78 is 2.32. The summed E-state index contributed by atoms with van der Waals surface area (Å²) in [6, 6.07) is 0.690. The van der Waals surface area contributed by atoms with E-state index in [9.17, 15) is 0 Å². The summed E-state index contributed by atoms with van der Waals surface area (Å²) in [5.74, 6) is 0. The third kappa shape index (κ3) is 2.91. The van der Waals surface area contributed by atoms with Crippen molar-refractivity contribution in [3.05, 3.63) is 0 Å². The monoisotopic (exact) mass is 225 g/mol. The van der Waals surface area contributed by atoms with Gasteiger partial charge in [0, 0.05) is 6.04 Å². The average Bonchev–Trinajstić information content (AvgIpc) is 2.07. The summed E-state index contributed by atoms with van der Waals surface area (Å²) >= 11 is 12.0. The van der Waals surface area contributed by atoms with Gasteiger partial charge in [-0.3, -0.25) is 4.57 Å². The Morgan fingerprint density at radius 2 is 1.83 bits per heavy atom. The minimum atomic E-state index is -1.58. The van der Waals surface area contributed by atoms with Crippen LogP contribution in [0.3, 0.4) is 0 Å². The van der Waals surface area contributed by atoms with Crippen LogP contribution in [0.15, 0.2) is 0 Å². The third-order valence-corrected chi connectivity index (χ3v) is 5.45. The molecule has 0 aliphatic heterocycles. The van der Waals surface area contributed by atoms with Crippen LogP contribution in [0, 0.1) is 0 Å². The van der Waals surface area contributed by atoms with Crippen LogP contribution in [0.4, 0.5) is 0 Å². The van der Waals surface area contributed by atoms with Gasteiger partial charge >= 0.3 is 7.58 Å². The molecule has 1 nitrogen and oxygen atoms in total. The van der Waals surface area contributed by atoms with Gasteiger partial charge in [0.15, 0.2) is 0 Å². The Morgan fingerprint density at radius 1 is 1.25 bits per heavy atom. The second kappa shape index (κ2) is 5.48. The summed E-state index contributed by atoms with van der Waals surface area (Å²) in [5, 5.41) is 0. The highest BCUT2D eigenvalue weighted by Gasteiger charge is 2.24. The Morgan fingerprint density at radius 3 is 2.25 bits per heavy atom. The maximum absolute atomic E-state index is 6.01. The molecule has 1 aliphatic rings. The number of rotatable bonds is 3. The van der Waals surface area contributed by atoms with E-state index in [4.69, 9.17) is 22.2 Å². The maximum Gasteiger partial charge on any atom is 0.309 e. The van der Waals surface area contributed by atoms with Crippen LogP contribution in [0.1, 0.15) is 39.0 Å². The zero-order valence-electron chi connectivity index (χ0n) is 7.60. The molecule has 0 saturated heterocycles. The Bertz CT molecular complexity index is 126. The van der Waals surface area contributed by atoms with E-state index in [1.54, 1.807) is 0 Å². The maximum atomic E-state index is 6.01. The summed E-state index contributed by atoms with van der Waals surface area (Å²) in [7, 11) is -1.58. The van der Waals surface area contributed by atoms with Gasteiger partial charge in [-0.05, 0) is 19.4 Å². The van der Waals surface area contributed by atoms with Gasteiger partial charge in [-0.2, -0.15) is 0 Å². The van der Waals surface area contributed by atoms with Crippen LogP contribution in [0.5, 0.6) is 0 Å². The lowest BCUT2D eigenvalue weighted by Gasteiger charge is -2.33. The molecule has 0 unspecified atom stereocenters. The van der Waals surface area contributed by atoms with Gasteiger partial charge in [0.25, 0.3) is 0 Å². The van der Waals surface area contributed by atoms with Gasteiger partial charge in [-0.25, -0.2) is 0 Å². The fraction of sp³-hybridized carbons (Fsp3) is 1.00. The van der Waals surface area contributed by atoms with Crippen molar-refractivity contribution in [2.45, 2.75) is 45.1 Å². The van der Waals surface area contributed by atoms with Crippen molar-refractivity contribution in [1.29, 1.82) is 0 Å². The first kappa shape index (κ1) is 10.8. The minimum absolute atomic E-state index is 0.690.